The molecule has 0 aromatic heterocycles. The molecule has 1 fully saturated rings. The predicted molar refractivity (Wildman–Crippen MR) is 53.8 cm³/mol. The largest absolute Gasteiger partial charge is 0.396 e. The molecule has 2 heteroatoms. The molecule has 0 atom stereocenters. The quantitative estimate of drug-likeness (QED) is 0.668. The molecule has 0 spiro atoms. The first-order chi connectivity index (χ1) is 6.33. The van der Waals surface area contributed by atoms with E-state index in [1.54, 1.807) is 0 Å². The van der Waals surface area contributed by atoms with Crippen LogP contribution in [0.15, 0.2) is 0 Å². The number of aliphatic hydroxyl groups excluding tert-OH is 1. The van der Waals surface area contributed by atoms with Crippen molar-refractivity contribution in [3.63, 3.8) is 0 Å². The third kappa shape index (κ3) is 3.28. The lowest BCUT2D eigenvalue weighted by Crippen LogP contribution is -2.33. The summed E-state index contributed by atoms with van der Waals surface area (Å²) in [6.07, 6.45) is 9.58. The van der Waals surface area contributed by atoms with Gasteiger partial charge in [0, 0.05) is 13.7 Å². The topological polar surface area (TPSA) is 29.5 Å². The summed E-state index contributed by atoms with van der Waals surface area (Å²) >= 11 is 0. The number of unbranched alkanes of at least 4 members (excludes halogenated alkanes) is 1. The van der Waals surface area contributed by atoms with Gasteiger partial charge in [-0.1, -0.05) is 19.3 Å². The van der Waals surface area contributed by atoms with Crippen molar-refractivity contribution in [3.05, 3.63) is 0 Å². The van der Waals surface area contributed by atoms with Gasteiger partial charge in [0.1, 0.15) is 0 Å². The van der Waals surface area contributed by atoms with Gasteiger partial charge in [0.05, 0.1) is 5.60 Å². The van der Waals surface area contributed by atoms with Gasteiger partial charge >= 0.3 is 0 Å². The summed E-state index contributed by atoms with van der Waals surface area (Å²) < 4.78 is 5.64. The molecule has 1 rings (SSSR count). The smallest absolute Gasteiger partial charge is 0.0678 e. The Morgan fingerprint density at radius 1 is 1.15 bits per heavy atom. The first-order valence-corrected chi connectivity index (χ1v) is 5.49. The van der Waals surface area contributed by atoms with Crippen LogP contribution in [0.1, 0.15) is 51.4 Å². The van der Waals surface area contributed by atoms with Gasteiger partial charge in [-0.15, -0.1) is 0 Å². The SMILES string of the molecule is COC1(CCCCO)CCCCC1. The fraction of sp³-hybridized carbons (Fsp3) is 1.00. The van der Waals surface area contributed by atoms with Crippen molar-refractivity contribution in [1.82, 2.24) is 0 Å². The van der Waals surface area contributed by atoms with Gasteiger partial charge in [-0.25, -0.2) is 0 Å². The van der Waals surface area contributed by atoms with Crippen molar-refractivity contribution in [2.24, 2.45) is 0 Å². The average molecular weight is 186 g/mol. The Bertz CT molecular complexity index is 128. The number of hydrogen-bond donors (Lipinski definition) is 1. The minimum atomic E-state index is 0.160. The minimum absolute atomic E-state index is 0.160. The lowest BCUT2D eigenvalue weighted by atomic mass is 9.81. The van der Waals surface area contributed by atoms with Crippen LogP contribution in [-0.4, -0.2) is 24.4 Å². The van der Waals surface area contributed by atoms with Crippen LogP contribution in [0.3, 0.4) is 0 Å². The molecule has 0 amide bonds. The molecule has 0 saturated heterocycles. The summed E-state index contributed by atoms with van der Waals surface area (Å²) in [4.78, 5) is 0. The number of methoxy groups -OCH3 is 1. The Morgan fingerprint density at radius 2 is 1.85 bits per heavy atom. The summed E-state index contributed by atoms with van der Waals surface area (Å²) in [5, 5.41) is 8.71. The zero-order chi connectivity index (χ0) is 9.57. The predicted octanol–water partition coefficient (Wildman–Crippen LogP) is 2.50. The van der Waals surface area contributed by atoms with Crippen LogP contribution >= 0.6 is 0 Å². The Labute approximate surface area is 81.3 Å². The number of rotatable bonds is 5. The molecule has 13 heavy (non-hydrogen) atoms. The lowest BCUT2D eigenvalue weighted by Gasteiger charge is -2.36. The van der Waals surface area contributed by atoms with Crippen molar-refractivity contribution < 1.29 is 9.84 Å². The van der Waals surface area contributed by atoms with Gasteiger partial charge in [-0.2, -0.15) is 0 Å². The fourth-order valence-electron chi connectivity index (χ4n) is 2.31. The average Bonchev–Trinajstić information content (AvgIpc) is 2.20. The van der Waals surface area contributed by atoms with E-state index in [9.17, 15) is 0 Å². The van der Waals surface area contributed by atoms with Gasteiger partial charge < -0.3 is 9.84 Å². The number of ether oxygens (including phenoxy) is 1. The van der Waals surface area contributed by atoms with Crippen LogP contribution in [0.4, 0.5) is 0 Å². The normalized spacial score (nSPS) is 21.7. The second-order valence-electron chi connectivity index (χ2n) is 4.13. The van der Waals surface area contributed by atoms with Crippen molar-refractivity contribution in [2.45, 2.75) is 57.0 Å². The van der Waals surface area contributed by atoms with Crippen LogP contribution in [-0.2, 0) is 4.74 Å². The second kappa shape index (κ2) is 5.61. The molecular formula is C11H22O2. The van der Waals surface area contributed by atoms with Crippen molar-refractivity contribution in [2.75, 3.05) is 13.7 Å². The van der Waals surface area contributed by atoms with E-state index < -0.39 is 0 Å². The van der Waals surface area contributed by atoms with E-state index in [4.69, 9.17) is 9.84 Å². The van der Waals surface area contributed by atoms with E-state index in [-0.39, 0.29) is 5.60 Å². The fourth-order valence-corrected chi connectivity index (χ4v) is 2.31. The van der Waals surface area contributed by atoms with E-state index in [2.05, 4.69) is 0 Å². The Morgan fingerprint density at radius 3 is 2.38 bits per heavy atom. The van der Waals surface area contributed by atoms with E-state index in [1.807, 2.05) is 7.11 Å². The summed E-state index contributed by atoms with van der Waals surface area (Å²) in [5.41, 5.74) is 0.160. The van der Waals surface area contributed by atoms with E-state index in [1.165, 1.54) is 32.1 Å². The first-order valence-electron chi connectivity index (χ1n) is 5.49. The van der Waals surface area contributed by atoms with Gasteiger partial charge in [0.25, 0.3) is 0 Å². The molecule has 78 valence electrons. The Balaban J connectivity index is 2.29. The highest BCUT2D eigenvalue weighted by molar-refractivity contribution is 4.83. The van der Waals surface area contributed by atoms with Crippen LogP contribution < -0.4 is 0 Å². The molecule has 1 aliphatic rings. The van der Waals surface area contributed by atoms with Crippen molar-refractivity contribution in [3.8, 4) is 0 Å². The summed E-state index contributed by atoms with van der Waals surface area (Å²) in [6, 6.07) is 0. The van der Waals surface area contributed by atoms with E-state index >= 15 is 0 Å². The molecule has 1 aliphatic carbocycles. The number of hydrogen-bond acceptors (Lipinski definition) is 2. The monoisotopic (exact) mass is 186 g/mol. The van der Waals surface area contributed by atoms with Gasteiger partial charge in [0.15, 0.2) is 0 Å². The molecule has 2 nitrogen and oxygen atoms in total. The van der Waals surface area contributed by atoms with Crippen LogP contribution in [0.25, 0.3) is 0 Å². The summed E-state index contributed by atoms with van der Waals surface area (Å²) in [5.74, 6) is 0. The molecule has 0 aromatic rings. The van der Waals surface area contributed by atoms with Gasteiger partial charge in [0.2, 0.25) is 0 Å². The molecule has 0 bridgehead atoms. The van der Waals surface area contributed by atoms with Gasteiger partial charge in [-0.3, -0.25) is 0 Å². The molecule has 0 aliphatic heterocycles. The third-order valence-corrected chi connectivity index (χ3v) is 3.24. The van der Waals surface area contributed by atoms with Crippen molar-refractivity contribution in [1.29, 1.82) is 0 Å². The zero-order valence-corrected chi connectivity index (χ0v) is 8.72. The number of aliphatic hydroxyl groups is 1. The molecular weight excluding hydrogens is 164 g/mol. The highest BCUT2D eigenvalue weighted by Crippen LogP contribution is 2.35. The molecule has 1 N–H and O–H groups in total. The first kappa shape index (κ1) is 11.0. The lowest BCUT2D eigenvalue weighted by molar-refractivity contribution is -0.0475. The summed E-state index contributed by atoms with van der Waals surface area (Å²) in [6.45, 7) is 0.319. The highest BCUT2D eigenvalue weighted by atomic mass is 16.5. The Hall–Kier alpha value is -0.0800. The maximum atomic E-state index is 8.71. The standard InChI is InChI=1S/C11H22O2/c1-13-11(9-5-6-10-12)7-3-2-4-8-11/h12H,2-10H2,1H3. The zero-order valence-electron chi connectivity index (χ0n) is 8.72. The second-order valence-corrected chi connectivity index (χ2v) is 4.13. The van der Waals surface area contributed by atoms with Crippen LogP contribution in [0.5, 0.6) is 0 Å². The van der Waals surface area contributed by atoms with Crippen LogP contribution in [0.2, 0.25) is 0 Å². The van der Waals surface area contributed by atoms with Crippen molar-refractivity contribution >= 4 is 0 Å². The molecule has 0 aromatic carbocycles. The van der Waals surface area contributed by atoms with E-state index in [0.29, 0.717) is 6.61 Å². The molecule has 0 heterocycles. The highest BCUT2D eigenvalue weighted by Gasteiger charge is 2.30. The third-order valence-electron chi connectivity index (χ3n) is 3.24. The summed E-state index contributed by atoms with van der Waals surface area (Å²) in [7, 11) is 1.84. The molecule has 1 saturated carbocycles. The molecule has 0 unspecified atom stereocenters. The van der Waals surface area contributed by atoms with E-state index in [0.717, 1.165) is 19.3 Å². The molecule has 0 radical (unpaired) electrons. The van der Waals surface area contributed by atoms with Crippen LogP contribution in [0, 0.1) is 0 Å². The van der Waals surface area contributed by atoms with Gasteiger partial charge in [-0.05, 0) is 32.1 Å². The maximum absolute atomic E-state index is 8.71. The minimum Gasteiger partial charge on any atom is -0.396 e. The maximum Gasteiger partial charge on any atom is 0.0678 e. The Kier molecular flexibility index (Phi) is 4.74.